The van der Waals surface area contributed by atoms with E-state index in [0.29, 0.717) is 17.8 Å². The van der Waals surface area contributed by atoms with Crippen molar-refractivity contribution in [2.45, 2.75) is 37.7 Å². The standard InChI is InChI=1S/C17H20O2/c18-17(14-7-3-4-10-19-14)16-13-9-8-11-5-1-2-6-12(11)15(13)16/h1-2,5-7,13,15-18H,3-4,8-10H2. The van der Waals surface area contributed by atoms with E-state index in [1.165, 1.54) is 24.0 Å². The lowest BCUT2D eigenvalue weighted by molar-refractivity contribution is 0.0749. The number of ether oxygens (including phenoxy) is 1. The minimum atomic E-state index is -0.388. The number of benzene rings is 1. The Morgan fingerprint density at radius 3 is 3.00 bits per heavy atom. The van der Waals surface area contributed by atoms with E-state index < -0.39 is 0 Å². The molecule has 4 unspecified atom stereocenters. The average Bonchev–Trinajstić information content (AvgIpc) is 3.22. The number of aliphatic hydroxyl groups excluding tert-OH is 1. The lowest BCUT2D eigenvalue weighted by atomic mass is 9.92. The molecule has 0 spiro atoms. The molecule has 3 aliphatic rings. The number of aryl methyl sites for hydroxylation is 1. The maximum atomic E-state index is 10.6. The highest BCUT2D eigenvalue weighted by Gasteiger charge is 2.57. The quantitative estimate of drug-likeness (QED) is 0.881. The van der Waals surface area contributed by atoms with Crippen LogP contribution in [-0.2, 0) is 11.2 Å². The number of allylic oxidation sites excluding steroid dienone is 1. The molecule has 1 N–H and O–H groups in total. The molecule has 100 valence electrons. The predicted octanol–water partition coefficient (Wildman–Crippen LogP) is 3.02. The first-order chi connectivity index (χ1) is 9.36. The summed E-state index contributed by atoms with van der Waals surface area (Å²) in [7, 11) is 0. The highest BCUT2D eigenvalue weighted by Crippen LogP contribution is 2.62. The van der Waals surface area contributed by atoms with Crippen LogP contribution in [0.1, 0.15) is 36.3 Å². The van der Waals surface area contributed by atoms with Gasteiger partial charge in [0.2, 0.25) is 0 Å². The maximum Gasteiger partial charge on any atom is 0.121 e. The fraction of sp³-hybridized carbons (Fsp3) is 0.529. The SMILES string of the molecule is OC(C1=CCCCO1)C1C2CCc3ccccc3C21. The van der Waals surface area contributed by atoms with Crippen LogP contribution in [0.4, 0.5) is 0 Å². The molecule has 1 aromatic rings. The first-order valence-electron chi connectivity index (χ1n) is 7.45. The normalized spacial score (nSPS) is 33.5. The highest BCUT2D eigenvalue weighted by molar-refractivity contribution is 5.40. The molecule has 0 radical (unpaired) electrons. The Hall–Kier alpha value is -1.28. The molecule has 2 nitrogen and oxygen atoms in total. The highest BCUT2D eigenvalue weighted by atomic mass is 16.5. The molecule has 1 heterocycles. The van der Waals surface area contributed by atoms with Gasteiger partial charge in [0, 0.05) is 5.92 Å². The summed E-state index contributed by atoms with van der Waals surface area (Å²) in [5.74, 6) is 2.44. The van der Waals surface area contributed by atoms with Crippen LogP contribution >= 0.6 is 0 Å². The van der Waals surface area contributed by atoms with Crippen LogP contribution in [0, 0.1) is 11.8 Å². The van der Waals surface area contributed by atoms with Gasteiger partial charge in [-0.05, 0) is 54.7 Å². The summed E-state index contributed by atoms with van der Waals surface area (Å²) in [5, 5.41) is 10.6. The number of aliphatic hydroxyl groups is 1. The van der Waals surface area contributed by atoms with Gasteiger partial charge in [0.25, 0.3) is 0 Å². The molecule has 4 rings (SSSR count). The molecule has 0 bridgehead atoms. The average molecular weight is 256 g/mol. The molecule has 19 heavy (non-hydrogen) atoms. The summed E-state index contributed by atoms with van der Waals surface area (Å²) in [5.41, 5.74) is 2.95. The summed E-state index contributed by atoms with van der Waals surface area (Å²) < 4.78 is 5.65. The zero-order valence-electron chi connectivity index (χ0n) is 11.1. The lowest BCUT2D eigenvalue weighted by Gasteiger charge is -2.20. The number of hydrogen-bond donors (Lipinski definition) is 1. The van der Waals surface area contributed by atoms with Crippen molar-refractivity contribution in [2.24, 2.45) is 11.8 Å². The zero-order chi connectivity index (χ0) is 12.8. The van der Waals surface area contributed by atoms with E-state index in [-0.39, 0.29) is 6.10 Å². The monoisotopic (exact) mass is 256 g/mol. The molecule has 0 amide bonds. The fourth-order valence-electron chi connectivity index (χ4n) is 4.02. The van der Waals surface area contributed by atoms with E-state index in [2.05, 4.69) is 30.3 Å². The van der Waals surface area contributed by atoms with E-state index in [9.17, 15) is 5.11 Å². The molecular formula is C17H20O2. The van der Waals surface area contributed by atoms with Crippen LogP contribution in [0.3, 0.4) is 0 Å². The van der Waals surface area contributed by atoms with Crippen molar-refractivity contribution in [3.8, 4) is 0 Å². The fourth-order valence-corrected chi connectivity index (χ4v) is 4.02. The zero-order valence-corrected chi connectivity index (χ0v) is 11.1. The van der Waals surface area contributed by atoms with E-state index in [4.69, 9.17) is 4.74 Å². The number of fused-ring (bicyclic) bond motifs is 3. The molecule has 2 heteroatoms. The molecule has 2 aliphatic carbocycles. The van der Waals surface area contributed by atoms with E-state index >= 15 is 0 Å². The third-order valence-electron chi connectivity index (χ3n) is 5.01. The van der Waals surface area contributed by atoms with Crippen LogP contribution in [0.2, 0.25) is 0 Å². The Balaban J connectivity index is 1.58. The molecule has 4 atom stereocenters. The molecule has 1 fully saturated rings. The Bertz CT molecular complexity index is 520. The van der Waals surface area contributed by atoms with Crippen LogP contribution in [0.5, 0.6) is 0 Å². The van der Waals surface area contributed by atoms with Crippen molar-refractivity contribution < 1.29 is 9.84 Å². The van der Waals surface area contributed by atoms with E-state index in [1.807, 2.05) is 0 Å². The van der Waals surface area contributed by atoms with Crippen LogP contribution < -0.4 is 0 Å². The lowest BCUT2D eigenvalue weighted by Crippen LogP contribution is -2.19. The summed E-state index contributed by atoms with van der Waals surface area (Å²) in [6.45, 7) is 0.765. The van der Waals surface area contributed by atoms with Crippen molar-refractivity contribution in [3.05, 3.63) is 47.2 Å². The largest absolute Gasteiger partial charge is 0.495 e. The van der Waals surface area contributed by atoms with Crippen LogP contribution in [0.25, 0.3) is 0 Å². The Morgan fingerprint density at radius 2 is 2.16 bits per heavy atom. The topological polar surface area (TPSA) is 29.5 Å². The summed E-state index contributed by atoms with van der Waals surface area (Å²) in [6.07, 6.45) is 6.21. The second kappa shape index (κ2) is 4.38. The first kappa shape index (κ1) is 11.5. The third-order valence-corrected chi connectivity index (χ3v) is 5.01. The van der Waals surface area contributed by atoms with Crippen molar-refractivity contribution >= 4 is 0 Å². The van der Waals surface area contributed by atoms with Gasteiger partial charge in [0.1, 0.15) is 11.9 Å². The first-order valence-corrected chi connectivity index (χ1v) is 7.45. The second-order valence-electron chi connectivity index (χ2n) is 6.05. The molecule has 1 aromatic carbocycles. The van der Waals surface area contributed by atoms with Crippen molar-refractivity contribution in [1.29, 1.82) is 0 Å². The van der Waals surface area contributed by atoms with Crippen molar-refractivity contribution in [1.82, 2.24) is 0 Å². The van der Waals surface area contributed by atoms with Gasteiger partial charge in [-0.2, -0.15) is 0 Å². The van der Waals surface area contributed by atoms with E-state index in [0.717, 1.165) is 25.2 Å². The molecule has 0 saturated heterocycles. The van der Waals surface area contributed by atoms with Gasteiger partial charge in [-0.1, -0.05) is 24.3 Å². The third kappa shape index (κ3) is 1.81. The van der Waals surface area contributed by atoms with Crippen LogP contribution in [-0.4, -0.2) is 17.8 Å². The minimum absolute atomic E-state index is 0.382. The van der Waals surface area contributed by atoms with Gasteiger partial charge in [-0.25, -0.2) is 0 Å². The van der Waals surface area contributed by atoms with Gasteiger partial charge in [0.15, 0.2) is 0 Å². The maximum absolute atomic E-state index is 10.6. The number of rotatable bonds is 2. The Labute approximate surface area is 114 Å². The summed E-state index contributed by atoms with van der Waals surface area (Å²) in [6, 6.07) is 8.73. The Kier molecular flexibility index (Phi) is 2.66. The van der Waals surface area contributed by atoms with Crippen LogP contribution in [0.15, 0.2) is 36.1 Å². The summed E-state index contributed by atoms with van der Waals surface area (Å²) in [4.78, 5) is 0. The number of hydrogen-bond acceptors (Lipinski definition) is 2. The summed E-state index contributed by atoms with van der Waals surface area (Å²) >= 11 is 0. The molecule has 0 aromatic heterocycles. The van der Waals surface area contributed by atoms with E-state index in [1.54, 1.807) is 0 Å². The smallest absolute Gasteiger partial charge is 0.121 e. The Morgan fingerprint density at radius 1 is 1.26 bits per heavy atom. The van der Waals surface area contributed by atoms with Gasteiger partial charge in [0.05, 0.1) is 6.61 Å². The van der Waals surface area contributed by atoms with Gasteiger partial charge < -0.3 is 9.84 Å². The molecule has 1 saturated carbocycles. The second-order valence-corrected chi connectivity index (χ2v) is 6.05. The van der Waals surface area contributed by atoms with Gasteiger partial charge in [-0.15, -0.1) is 0 Å². The van der Waals surface area contributed by atoms with Gasteiger partial charge in [-0.3, -0.25) is 0 Å². The molecular weight excluding hydrogens is 236 g/mol. The minimum Gasteiger partial charge on any atom is -0.495 e. The molecule has 1 aliphatic heterocycles. The van der Waals surface area contributed by atoms with Gasteiger partial charge >= 0.3 is 0 Å². The predicted molar refractivity (Wildman–Crippen MR) is 73.8 cm³/mol. The van der Waals surface area contributed by atoms with Crippen molar-refractivity contribution in [3.63, 3.8) is 0 Å². The van der Waals surface area contributed by atoms with Crippen molar-refractivity contribution in [2.75, 3.05) is 6.61 Å².